The average molecular weight is 2050 g/mol. The van der Waals surface area contributed by atoms with Gasteiger partial charge in [-0.15, -0.1) is 130 Å². The molecule has 9 rings (SSSR count). The molecule has 17 unspecified atom stereocenters. The summed E-state index contributed by atoms with van der Waals surface area (Å²) >= 11 is 37.2. The van der Waals surface area contributed by atoms with Crippen molar-refractivity contribution in [2.75, 3.05) is 69.0 Å². The number of thiazole rings is 3. The number of nitrogens with zero attached hydrogens (tertiary/aromatic N) is 10. The van der Waals surface area contributed by atoms with Gasteiger partial charge < -0.3 is 48.6 Å². The van der Waals surface area contributed by atoms with Crippen LogP contribution in [0.25, 0.3) is 31.0 Å². The summed E-state index contributed by atoms with van der Waals surface area (Å²) in [6.45, 7) is 12.8. The zero-order valence-corrected chi connectivity index (χ0v) is 88.9. The van der Waals surface area contributed by atoms with Crippen LogP contribution in [0.3, 0.4) is 0 Å². The molecule has 7 aromatic rings. The van der Waals surface area contributed by atoms with Crippen LogP contribution < -0.4 is 73.1 Å². The van der Waals surface area contributed by atoms with Crippen LogP contribution in [0.2, 0.25) is 20.6 Å². The van der Waals surface area contributed by atoms with Crippen LogP contribution in [0.1, 0.15) is 20.8 Å². The Morgan fingerprint density at radius 1 is 0.626 bits per heavy atom. The number of morpholine rings is 2. The molecule has 7 aromatic heterocycles. The first-order valence-electron chi connectivity index (χ1n) is 24.0. The van der Waals surface area contributed by atoms with Crippen LogP contribution in [0.4, 0.5) is 16.0 Å². The predicted molar refractivity (Wildman–Crippen MR) is 494 cm³/mol. The maximum Gasteiger partial charge on any atom is 1.00 e. The molecule has 55 heteroatoms. The third-order valence-corrected chi connectivity index (χ3v) is 190. The molecule has 91 heavy (non-hydrogen) atoms. The second-order valence-corrected chi connectivity index (χ2v) is 130. The zero-order valence-electron chi connectivity index (χ0n) is 48.4. The van der Waals surface area contributed by atoms with E-state index in [9.17, 15) is 4.91 Å². The largest absolute Gasteiger partial charge is 1.00 e. The van der Waals surface area contributed by atoms with E-state index in [4.69, 9.17) is 72.6 Å². The number of nitriles is 1. The smallest absolute Gasteiger partial charge is 0.696 e. The van der Waals surface area contributed by atoms with Gasteiger partial charge in [0.15, 0.2) is 19.5 Å². The predicted octanol–water partition coefficient (Wildman–Crippen LogP) is 22.9. The number of nitrogens with two attached hydrogens (primary N) is 2. The van der Waals surface area contributed by atoms with Crippen molar-refractivity contribution in [3.8, 4) is 5.40 Å². The van der Waals surface area contributed by atoms with E-state index in [0.29, 0.717) is 36.0 Å². The van der Waals surface area contributed by atoms with E-state index in [2.05, 4.69) is 225 Å². The number of pyridine rings is 4. The molecule has 17 atom stereocenters. The number of thiocyanates is 1. The molecule has 0 spiro atoms. The van der Waals surface area contributed by atoms with Crippen molar-refractivity contribution < 1.29 is 65.7 Å². The molecule has 502 valence electrons. The minimum atomic E-state index is -0.429. The fourth-order valence-electron chi connectivity index (χ4n) is 5.73. The number of hydrogen-bond acceptors (Lipinski definition) is 21. The molecular weight excluding hydrogens is 1980 g/mol. The van der Waals surface area contributed by atoms with E-state index in [1.807, 2.05) is 12.1 Å². The van der Waals surface area contributed by atoms with E-state index < -0.39 is 5.60 Å². The molecule has 9 heterocycles. The molecule has 2 saturated heterocycles. The van der Waals surface area contributed by atoms with Crippen molar-refractivity contribution in [3.05, 3.63) is 82.6 Å². The average Bonchev–Trinajstić information content (AvgIpc) is 1.64. The van der Waals surface area contributed by atoms with Crippen molar-refractivity contribution >= 4 is 389 Å². The Morgan fingerprint density at radius 3 is 1.37 bits per heavy atom. The van der Waals surface area contributed by atoms with Crippen LogP contribution in [0.5, 0.6) is 0 Å². The molecule has 2 aliphatic heterocycles. The number of rotatable bonds is 14. The first-order chi connectivity index (χ1) is 42.3. The molecule has 2 fully saturated rings. The maximum atomic E-state index is 9.35. The van der Waals surface area contributed by atoms with E-state index >= 15 is 0 Å². The van der Waals surface area contributed by atoms with Gasteiger partial charge in [-0.25, -0.2) is 40.1 Å². The quantitative estimate of drug-likeness (QED) is 0.0174. The first-order valence-corrected chi connectivity index (χ1v) is 78.5. The fourth-order valence-corrected chi connectivity index (χ4v) is 354. The Hall–Kier alpha value is 10.0. The van der Waals surface area contributed by atoms with Gasteiger partial charge in [-0.1, -0.05) is 93.8 Å². The molecule has 2 aliphatic rings. The summed E-state index contributed by atoms with van der Waals surface area (Å²) in [6.07, 6.45) is 0. The van der Waals surface area contributed by atoms with Crippen molar-refractivity contribution in [1.29, 1.82) is 5.26 Å². The number of nitrogen functional groups attached to an aromatic ring is 2. The zero-order chi connectivity index (χ0) is 68.0. The van der Waals surface area contributed by atoms with Gasteiger partial charge in [0.2, 0.25) is 0 Å². The van der Waals surface area contributed by atoms with Crippen molar-refractivity contribution in [3.63, 3.8) is 0 Å². The molecule has 17 nitrogen and oxygen atoms in total. The van der Waals surface area contributed by atoms with Gasteiger partial charge in [0.1, 0.15) is 61.9 Å². The van der Waals surface area contributed by atoms with Gasteiger partial charge in [0.05, 0.1) is 32.1 Å². The number of nitrogens with one attached hydrogen (secondary N) is 1. The van der Waals surface area contributed by atoms with E-state index in [0.717, 1.165) is 101 Å². The Morgan fingerprint density at radius 2 is 1.01 bits per heavy atom. The minimum Gasteiger partial charge on any atom is -0.696 e. The number of hydrogen-bond donors (Lipinski definition) is 3. The summed E-state index contributed by atoms with van der Waals surface area (Å²) in [4.78, 5) is 47.4. The summed E-state index contributed by atoms with van der Waals surface area (Å²) < 4.78 is 11.7. The third kappa shape index (κ3) is 40.5. The van der Waals surface area contributed by atoms with Gasteiger partial charge in [-0.05, 0) is 185 Å². The normalized spacial score (nSPS) is 13.9. The summed E-state index contributed by atoms with van der Waals surface area (Å²) in [7, 11) is 46.6. The van der Waals surface area contributed by atoms with Crippen LogP contribution in [-0.4, -0.2) is 93.1 Å². The number of aromatic nitrogens is 7. The molecule has 0 aliphatic carbocycles. The van der Waals surface area contributed by atoms with Crippen molar-refractivity contribution in [2.45, 2.75) is 26.4 Å². The second kappa shape index (κ2) is 55.4. The fraction of sp³-hybridized carbons (Fsp3) is 0.333. The summed E-state index contributed by atoms with van der Waals surface area (Å²) in [5.41, 5.74) is 13.6. The maximum absolute atomic E-state index is 9.35. The Kier molecular flexibility index (Phi) is 60.3. The molecule has 0 amide bonds. The molecule has 0 radical (unpaired) electrons. The number of ether oxygens (including phenoxy) is 2. The molecule has 5 N–H and O–H groups in total. The first kappa shape index (κ1) is 99.0. The molecule has 0 bridgehead atoms. The van der Waals surface area contributed by atoms with Crippen LogP contribution in [-0.2, 0) is 26.9 Å². The summed E-state index contributed by atoms with van der Waals surface area (Å²) in [6, 6.07) is 14.1. The summed E-state index contributed by atoms with van der Waals surface area (Å²) in [5.74, 6) is 0. The monoisotopic (exact) mass is 2050 g/mol. The topological polar surface area (TPSA) is 238 Å². The number of fused-ring (bicyclic) bond motifs is 3. The van der Waals surface area contributed by atoms with Gasteiger partial charge in [0, 0.05) is 26.2 Å². The molecular formula is C36H67Br2Cl4KN13O4P27S4. The standard InChI is InChI=1S/C10H10ClN3OS.C6H2BrClN2S.C6H4ClN3S.C5H4BrClN2.C4H9NO2.C4H9NO.CHNS.K.H29P27/c11-8-2-1-7-9(13-8)16-10(12-7)14-3-5-15-6-4-14;7-6-9-3-1-2-4(8)10-5(3)11-6;7-4-2-1-3-5(10-4)11-6(8)9-3;6-5-3(8)1-2-4(7)9-5;1-4(2,3)7-5-6;1-3-6-4-2-5-1;2-1-3;;1-15-22(14)26(23(16(2)3)17(4)5)27(24(18(6)7)19(8)9)25(20(10)11)21(12)13/h1-2H,3-6H2;1-2H;1-2H,(H2,8,9);1-2H,8H2;1-3H3;5H,1-4H2;3H;;15H,1-14H2/q;;;;;;;+1;/p-1. The van der Waals surface area contributed by atoms with Gasteiger partial charge in [0.25, 0.3) is 0 Å². The second-order valence-electron chi connectivity index (χ2n) is 16.8. The van der Waals surface area contributed by atoms with Crippen LogP contribution in [0, 0.1) is 15.6 Å². The van der Waals surface area contributed by atoms with Crippen molar-refractivity contribution in [1.82, 2.24) is 40.2 Å². The Bertz CT molecular complexity index is 3130. The third-order valence-electron chi connectivity index (χ3n) is 9.13. The van der Waals surface area contributed by atoms with E-state index in [-0.39, 0.29) is 135 Å². The van der Waals surface area contributed by atoms with Gasteiger partial charge in [-0.2, -0.15) is 0 Å². The SMILES string of the molecule is C1COCCN1.CC(C)(C)ON=O.Clc1ccc2nc(Br)sc2n1.Clc1ccc2nc(N3CCOCC3)sc2n1.N#C[S-].Nc1ccc(Cl)nc1Br.Nc1nc2ccc(Cl)nc2s1.PPP(P)P(P(P(P)P)P(P)P)P(P(P(P)P)P(P)P)P(P(P)P)P(P)P.[K+]. The van der Waals surface area contributed by atoms with E-state index in [1.54, 1.807) is 68.5 Å². The van der Waals surface area contributed by atoms with Crippen LogP contribution in [0.15, 0.2) is 62.4 Å². The molecule has 0 aromatic carbocycles. The number of halogens is 6. The van der Waals surface area contributed by atoms with Crippen LogP contribution >= 0.6 is 329 Å². The van der Waals surface area contributed by atoms with Gasteiger partial charge in [-0.3, -0.25) is 0 Å². The Balaban J connectivity index is 0.000000555. The summed E-state index contributed by atoms with van der Waals surface area (Å²) in [5, 5.41) is 17.4. The number of anilines is 3. The Labute approximate surface area is 678 Å². The van der Waals surface area contributed by atoms with E-state index in [1.165, 1.54) is 28.1 Å². The van der Waals surface area contributed by atoms with Crippen molar-refractivity contribution in [2.24, 2.45) is 5.34 Å². The minimum absolute atomic E-state index is 0. The van der Waals surface area contributed by atoms with Gasteiger partial charge >= 0.3 is 51.4 Å². The molecule has 0 saturated carbocycles.